The van der Waals surface area contributed by atoms with Crippen LogP contribution in [0.4, 0.5) is 15.1 Å². The Hall–Kier alpha value is -1.70. The highest BCUT2D eigenvalue weighted by Gasteiger charge is 2.26. The molecule has 1 aliphatic rings. The second-order valence-electron chi connectivity index (χ2n) is 5.84. The molecule has 8 heteroatoms. The van der Waals surface area contributed by atoms with E-state index in [2.05, 4.69) is 10.6 Å². The number of hydrogen-bond donors (Lipinski definition) is 2. The van der Waals surface area contributed by atoms with Gasteiger partial charge >= 0.3 is 5.97 Å². The normalized spacial score (nSPS) is 13.0. The van der Waals surface area contributed by atoms with Crippen LogP contribution in [0.25, 0.3) is 0 Å². The Morgan fingerprint density at radius 2 is 2.12 bits per heavy atom. The zero-order valence-electron chi connectivity index (χ0n) is 14.2. The van der Waals surface area contributed by atoms with Crippen LogP contribution in [-0.2, 0) is 17.6 Å². The number of ether oxygens (including phenoxy) is 1. The van der Waals surface area contributed by atoms with E-state index in [0.717, 1.165) is 31.2 Å². The van der Waals surface area contributed by atoms with E-state index < -0.39 is 5.82 Å². The van der Waals surface area contributed by atoms with Crippen LogP contribution in [-0.4, -0.2) is 17.7 Å². The molecule has 3 rings (SSSR count). The van der Waals surface area contributed by atoms with E-state index in [1.54, 1.807) is 13.0 Å². The summed E-state index contributed by atoms with van der Waals surface area (Å²) in [5.41, 5.74) is 1.81. The number of benzene rings is 1. The monoisotopic (exact) mass is 412 g/mol. The standard InChI is InChI=1S/C18H18ClFN2O2S2/c1-2-24-17(23)15-11-5-3-4-6-14(11)26-16(15)22-18(25)21-13-8-7-10(19)9-12(13)20/h7-9H,2-6H2,1H3,(H2,21,22,25). The van der Waals surface area contributed by atoms with E-state index in [1.165, 1.54) is 28.3 Å². The quantitative estimate of drug-likeness (QED) is 0.519. The molecule has 1 aromatic heterocycles. The van der Waals surface area contributed by atoms with Gasteiger partial charge in [0, 0.05) is 9.90 Å². The lowest BCUT2D eigenvalue weighted by Gasteiger charge is -2.13. The first kappa shape index (κ1) is 19.1. The van der Waals surface area contributed by atoms with Crippen LogP contribution in [0.5, 0.6) is 0 Å². The molecule has 1 heterocycles. The number of fused-ring (bicyclic) bond motifs is 1. The fourth-order valence-electron chi connectivity index (χ4n) is 2.92. The molecule has 4 nitrogen and oxygen atoms in total. The molecule has 0 fully saturated rings. The van der Waals surface area contributed by atoms with Gasteiger partial charge in [-0.2, -0.15) is 0 Å². The van der Waals surface area contributed by atoms with Crippen LogP contribution >= 0.6 is 35.2 Å². The van der Waals surface area contributed by atoms with Crippen LogP contribution < -0.4 is 10.6 Å². The number of aryl methyl sites for hydroxylation is 1. The van der Waals surface area contributed by atoms with Crippen molar-refractivity contribution in [3.05, 3.63) is 45.0 Å². The first-order valence-electron chi connectivity index (χ1n) is 8.34. The third kappa shape index (κ3) is 4.16. The number of carbonyl (C=O) groups is 1. The molecule has 0 bridgehead atoms. The van der Waals surface area contributed by atoms with Crippen molar-refractivity contribution >= 4 is 56.9 Å². The van der Waals surface area contributed by atoms with Crippen LogP contribution in [0, 0.1) is 5.82 Å². The molecule has 0 saturated carbocycles. The topological polar surface area (TPSA) is 50.4 Å². The molecule has 0 saturated heterocycles. The van der Waals surface area contributed by atoms with E-state index in [-0.39, 0.29) is 16.8 Å². The lowest BCUT2D eigenvalue weighted by molar-refractivity contribution is 0.0526. The minimum Gasteiger partial charge on any atom is -0.462 e. The summed E-state index contributed by atoms with van der Waals surface area (Å²) in [5, 5.41) is 6.99. The van der Waals surface area contributed by atoms with Crippen molar-refractivity contribution in [3.8, 4) is 0 Å². The molecular weight excluding hydrogens is 395 g/mol. The Morgan fingerprint density at radius 1 is 1.35 bits per heavy atom. The maximum absolute atomic E-state index is 13.9. The molecule has 2 N–H and O–H groups in total. The van der Waals surface area contributed by atoms with E-state index in [4.69, 9.17) is 28.6 Å². The summed E-state index contributed by atoms with van der Waals surface area (Å²) >= 11 is 12.6. The molecular formula is C18H18ClFN2O2S2. The minimum absolute atomic E-state index is 0.204. The third-order valence-corrected chi connectivity index (χ3v) is 5.70. The predicted octanol–water partition coefficient (Wildman–Crippen LogP) is 5.41. The van der Waals surface area contributed by atoms with Gasteiger partial charge in [-0.25, -0.2) is 9.18 Å². The number of esters is 1. The molecule has 0 atom stereocenters. The van der Waals surface area contributed by atoms with Gasteiger partial charge in [-0.3, -0.25) is 0 Å². The van der Waals surface area contributed by atoms with Crippen molar-refractivity contribution in [1.29, 1.82) is 0 Å². The van der Waals surface area contributed by atoms with Gasteiger partial charge in [0.25, 0.3) is 0 Å². The molecule has 0 spiro atoms. The Labute approximate surface area is 165 Å². The maximum Gasteiger partial charge on any atom is 0.341 e. The van der Waals surface area contributed by atoms with Crippen molar-refractivity contribution in [2.75, 3.05) is 17.2 Å². The molecule has 0 radical (unpaired) electrons. The summed E-state index contributed by atoms with van der Waals surface area (Å²) < 4.78 is 19.2. The smallest absolute Gasteiger partial charge is 0.341 e. The molecule has 0 aliphatic heterocycles. The van der Waals surface area contributed by atoms with Crippen LogP contribution in [0.15, 0.2) is 18.2 Å². The Morgan fingerprint density at radius 3 is 2.85 bits per heavy atom. The Kier molecular flexibility index (Phi) is 6.11. The second kappa shape index (κ2) is 8.33. The molecule has 138 valence electrons. The van der Waals surface area contributed by atoms with Crippen LogP contribution in [0.3, 0.4) is 0 Å². The lowest BCUT2D eigenvalue weighted by atomic mass is 9.95. The highest BCUT2D eigenvalue weighted by molar-refractivity contribution is 7.80. The van der Waals surface area contributed by atoms with Gasteiger partial charge in [0.05, 0.1) is 17.9 Å². The maximum atomic E-state index is 13.9. The van der Waals surface area contributed by atoms with Crippen molar-refractivity contribution < 1.29 is 13.9 Å². The van der Waals surface area contributed by atoms with Crippen molar-refractivity contribution in [1.82, 2.24) is 0 Å². The summed E-state index contributed by atoms with van der Waals surface area (Å²) in [7, 11) is 0. The van der Waals surface area contributed by atoms with E-state index >= 15 is 0 Å². The number of thiocarbonyl (C=S) groups is 1. The first-order valence-corrected chi connectivity index (χ1v) is 9.94. The number of anilines is 2. The lowest BCUT2D eigenvalue weighted by Crippen LogP contribution is -2.21. The number of thiophene rings is 1. The van der Waals surface area contributed by atoms with E-state index in [9.17, 15) is 9.18 Å². The van der Waals surface area contributed by atoms with E-state index in [0.29, 0.717) is 22.2 Å². The van der Waals surface area contributed by atoms with Gasteiger partial charge < -0.3 is 15.4 Å². The third-order valence-electron chi connectivity index (χ3n) is 4.06. The zero-order valence-corrected chi connectivity index (χ0v) is 16.5. The Bertz CT molecular complexity index is 854. The molecule has 0 unspecified atom stereocenters. The predicted molar refractivity (Wildman–Crippen MR) is 108 cm³/mol. The van der Waals surface area contributed by atoms with Gasteiger partial charge in [-0.15, -0.1) is 11.3 Å². The average Bonchev–Trinajstić information content (AvgIpc) is 2.95. The van der Waals surface area contributed by atoms with Gasteiger partial charge in [0.1, 0.15) is 10.8 Å². The molecule has 2 aromatic rings. The van der Waals surface area contributed by atoms with Crippen molar-refractivity contribution in [3.63, 3.8) is 0 Å². The SMILES string of the molecule is CCOC(=O)c1c(NC(=S)Nc2ccc(Cl)cc2F)sc2c1CCCC2. The largest absolute Gasteiger partial charge is 0.462 e. The van der Waals surface area contributed by atoms with Crippen molar-refractivity contribution in [2.24, 2.45) is 0 Å². The first-order chi connectivity index (χ1) is 12.5. The summed E-state index contributed by atoms with van der Waals surface area (Å²) in [6.07, 6.45) is 3.95. The average molecular weight is 413 g/mol. The van der Waals surface area contributed by atoms with Gasteiger partial charge in [0.2, 0.25) is 0 Å². The summed E-state index contributed by atoms with van der Waals surface area (Å²) in [5.74, 6) is -0.854. The fourth-order valence-corrected chi connectivity index (χ4v) is 4.64. The van der Waals surface area contributed by atoms with Crippen molar-refractivity contribution in [2.45, 2.75) is 32.6 Å². The minimum atomic E-state index is -0.502. The number of rotatable bonds is 4. The molecule has 26 heavy (non-hydrogen) atoms. The summed E-state index contributed by atoms with van der Waals surface area (Å²) in [4.78, 5) is 13.6. The summed E-state index contributed by atoms with van der Waals surface area (Å²) in [6, 6.07) is 4.29. The summed E-state index contributed by atoms with van der Waals surface area (Å²) in [6.45, 7) is 2.08. The number of nitrogens with one attached hydrogen (secondary N) is 2. The van der Waals surface area contributed by atoms with Gasteiger partial charge in [0.15, 0.2) is 5.11 Å². The Balaban J connectivity index is 1.83. The highest BCUT2D eigenvalue weighted by atomic mass is 35.5. The molecule has 1 aliphatic carbocycles. The number of halogens is 2. The van der Waals surface area contributed by atoms with Gasteiger partial charge in [-0.05, 0) is 68.6 Å². The van der Waals surface area contributed by atoms with Crippen LogP contribution in [0.2, 0.25) is 5.02 Å². The second-order valence-corrected chi connectivity index (χ2v) is 7.79. The highest BCUT2D eigenvalue weighted by Crippen LogP contribution is 2.38. The fraction of sp³-hybridized carbons (Fsp3) is 0.333. The molecule has 0 amide bonds. The van der Waals surface area contributed by atoms with Gasteiger partial charge in [-0.1, -0.05) is 11.6 Å². The molecule has 1 aromatic carbocycles. The van der Waals surface area contributed by atoms with E-state index in [1.807, 2.05) is 0 Å². The number of carbonyl (C=O) groups excluding carboxylic acids is 1. The number of hydrogen-bond acceptors (Lipinski definition) is 4. The zero-order chi connectivity index (χ0) is 18.7. The van der Waals surface area contributed by atoms with Crippen LogP contribution in [0.1, 0.15) is 40.6 Å².